The van der Waals surface area contributed by atoms with E-state index in [9.17, 15) is 4.79 Å². The lowest BCUT2D eigenvalue weighted by atomic mass is 10.3. The Bertz CT molecular complexity index is 484. The van der Waals surface area contributed by atoms with Gasteiger partial charge in [-0.2, -0.15) is 0 Å². The number of anilines is 1. The highest BCUT2D eigenvalue weighted by Crippen LogP contribution is 2.29. The van der Waals surface area contributed by atoms with E-state index in [0.29, 0.717) is 5.11 Å². The molecule has 0 saturated heterocycles. The number of para-hydroxylation sites is 2. The van der Waals surface area contributed by atoms with E-state index in [0.717, 1.165) is 24.3 Å². The van der Waals surface area contributed by atoms with E-state index in [-0.39, 0.29) is 17.9 Å². The van der Waals surface area contributed by atoms with Crippen LogP contribution in [0.2, 0.25) is 0 Å². The fourth-order valence-corrected chi connectivity index (χ4v) is 1.85. The fraction of sp³-hybridized carbons (Fsp3) is 0.429. The van der Waals surface area contributed by atoms with E-state index in [4.69, 9.17) is 17.0 Å². The van der Waals surface area contributed by atoms with Gasteiger partial charge in [-0.25, -0.2) is 0 Å². The zero-order valence-corrected chi connectivity index (χ0v) is 11.9. The number of carbonyl (C=O) groups is 1. The first-order valence-electron chi connectivity index (χ1n) is 6.44. The van der Waals surface area contributed by atoms with Crippen LogP contribution < -0.4 is 15.4 Å². The number of hydrogen-bond donors (Lipinski definition) is 2. The minimum atomic E-state index is -0.000223. The van der Waals surface area contributed by atoms with Gasteiger partial charge in [0.2, 0.25) is 5.91 Å². The van der Waals surface area contributed by atoms with Crippen molar-refractivity contribution in [1.29, 1.82) is 0 Å². The van der Waals surface area contributed by atoms with E-state index in [1.54, 1.807) is 0 Å². The summed E-state index contributed by atoms with van der Waals surface area (Å²) in [4.78, 5) is 11.6. The Morgan fingerprint density at radius 2 is 2.05 bits per heavy atom. The maximum atomic E-state index is 11.6. The summed E-state index contributed by atoms with van der Waals surface area (Å²) in [5, 5.41) is 6.02. The second-order valence-corrected chi connectivity index (χ2v) is 5.29. The monoisotopic (exact) mass is 278 g/mol. The number of benzene rings is 1. The van der Waals surface area contributed by atoms with Gasteiger partial charge in [-0.05, 0) is 51.0 Å². The van der Waals surface area contributed by atoms with E-state index in [2.05, 4.69) is 10.6 Å². The molecule has 1 amide bonds. The predicted molar refractivity (Wildman–Crippen MR) is 79.3 cm³/mol. The average Bonchev–Trinajstić information content (AvgIpc) is 3.14. The van der Waals surface area contributed by atoms with E-state index in [1.807, 2.05) is 38.1 Å². The van der Waals surface area contributed by atoms with Crippen LogP contribution in [0.25, 0.3) is 0 Å². The quantitative estimate of drug-likeness (QED) is 0.831. The van der Waals surface area contributed by atoms with Crippen LogP contribution in [0.4, 0.5) is 5.69 Å². The molecular weight excluding hydrogens is 260 g/mol. The number of carbonyl (C=O) groups excluding carboxylic acids is 1. The maximum Gasteiger partial charge on any atom is 0.229 e. The lowest BCUT2D eigenvalue weighted by molar-refractivity contribution is -0.120. The van der Waals surface area contributed by atoms with Crippen LogP contribution in [0.1, 0.15) is 26.7 Å². The molecule has 2 rings (SSSR count). The molecule has 2 N–H and O–H groups in total. The van der Waals surface area contributed by atoms with Crippen LogP contribution in [0, 0.1) is 5.92 Å². The molecule has 1 saturated carbocycles. The molecule has 1 fully saturated rings. The summed E-state index contributed by atoms with van der Waals surface area (Å²) < 4.78 is 5.68. The first-order chi connectivity index (χ1) is 9.06. The number of thiocarbonyl (C=S) groups is 1. The number of nitrogens with one attached hydrogen (secondary N) is 2. The first kappa shape index (κ1) is 13.8. The van der Waals surface area contributed by atoms with Gasteiger partial charge in [0.05, 0.1) is 11.8 Å². The summed E-state index contributed by atoms with van der Waals surface area (Å²) in [6.45, 7) is 3.92. The molecule has 1 aliphatic rings. The Hall–Kier alpha value is -1.62. The van der Waals surface area contributed by atoms with Crippen molar-refractivity contribution in [3.8, 4) is 5.75 Å². The van der Waals surface area contributed by atoms with Gasteiger partial charge >= 0.3 is 0 Å². The summed E-state index contributed by atoms with van der Waals surface area (Å²) in [6.07, 6.45) is 2.00. The van der Waals surface area contributed by atoms with Crippen molar-refractivity contribution < 1.29 is 9.53 Å². The molecule has 0 spiro atoms. The highest BCUT2D eigenvalue weighted by Gasteiger charge is 2.30. The van der Waals surface area contributed by atoms with Gasteiger partial charge in [-0.15, -0.1) is 0 Å². The molecule has 0 heterocycles. The molecule has 0 bridgehead atoms. The molecule has 1 aromatic rings. The van der Waals surface area contributed by atoms with Crippen molar-refractivity contribution in [1.82, 2.24) is 5.32 Å². The third kappa shape index (κ3) is 4.21. The van der Waals surface area contributed by atoms with E-state index in [1.165, 1.54) is 0 Å². The van der Waals surface area contributed by atoms with Crippen LogP contribution >= 0.6 is 12.2 Å². The van der Waals surface area contributed by atoms with Crippen LogP contribution in [-0.4, -0.2) is 17.1 Å². The van der Waals surface area contributed by atoms with Crippen LogP contribution in [0.15, 0.2) is 24.3 Å². The van der Waals surface area contributed by atoms with Gasteiger partial charge < -0.3 is 15.4 Å². The summed E-state index contributed by atoms with van der Waals surface area (Å²) in [6, 6.07) is 7.52. The van der Waals surface area contributed by atoms with Gasteiger partial charge in [0.25, 0.3) is 0 Å². The highest BCUT2D eigenvalue weighted by molar-refractivity contribution is 7.80. The third-order valence-electron chi connectivity index (χ3n) is 2.68. The minimum Gasteiger partial charge on any atom is -0.489 e. The summed E-state index contributed by atoms with van der Waals surface area (Å²) in [5.74, 6) is 0.863. The molecule has 0 radical (unpaired) electrons. The highest BCUT2D eigenvalue weighted by atomic mass is 32.1. The van der Waals surface area contributed by atoms with Gasteiger partial charge in [-0.3, -0.25) is 4.79 Å². The van der Waals surface area contributed by atoms with Gasteiger partial charge in [0.15, 0.2) is 5.11 Å². The Morgan fingerprint density at radius 1 is 1.37 bits per heavy atom. The Balaban J connectivity index is 1.97. The first-order valence-corrected chi connectivity index (χ1v) is 6.84. The van der Waals surface area contributed by atoms with Crippen LogP contribution in [0.5, 0.6) is 5.75 Å². The van der Waals surface area contributed by atoms with Crippen molar-refractivity contribution in [2.75, 3.05) is 5.32 Å². The molecule has 0 atom stereocenters. The van der Waals surface area contributed by atoms with Gasteiger partial charge in [-0.1, -0.05) is 12.1 Å². The second kappa shape index (κ2) is 6.02. The van der Waals surface area contributed by atoms with Crippen LogP contribution in [0.3, 0.4) is 0 Å². The number of ether oxygens (including phenoxy) is 1. The molecule has 4 nitrogen and oxygen atoms in total. The number of hydrogen-bond acceptors (Lipinski definition) is 3. The fourth-order valence-electron chi connectivity index (χ4n) is 1.64. The van der Waals surface area contributed by atoms with Gasteiger partial charge in [0, 0.05) is 5.92 Å². The molecular formula is C14H18N2O2S. The average molecular weight is 278 g/mol. The number of rotatable bonds is 4. The minimum absolute atomic E-state index is 0.000223. The van der Waals surface area contributed by atoms with Crippen molar-refractivity contribution in [2.45, 2.75) is 32.8 Å². The zero-order valence-electron chi connectivity index (χ0n) is 11.1. The van der Waals surface area contributed by atoms with E-state index >= 15 is 0 Å². The molecule has 1 aromatic carbocycles. The third-order valence-corrected chi connectivity index (χ3v) is 2.89. The summed E-state index contributed by atoms with van der Waals surface area (Å²) in [7, 11) is 0. The largest absolute Gasteiger partial charge is 0.489 e. The zero-order chi connectivity index (χ0) is 13.8. The number of amides is 1. The van der Waals surface area contributed by atoms with Crippen molar-refractivity contribution in [2.24, 2.45) is 5.92 Å². The molecule has 102 valence electrons. The molecule has 0 aliphatic heterocycles. The van der Waals surface area contributed by atoms with Crippen molar-refractivity contribution in [3.63, 3.8) is 0 Å². The molecule has 0 aromatic heterocycles. The molecule has 0 unspecified atom stereocenters. The standard InChI is InChI=1S/C14H18N2O2S/c1-9(2)18-12-6-4-3-5-11(12)15-14(19)16-13(17)10-7-8-10/h3-6,9-10H,7-8H2,1-2H3,(H2,15,16,17,19). The second-order valence-electron chi connectivity index (χ2n) is 4.88. The predicted octanol–water partition coefficient (Wildman–Crippen LogP) is 2.70. The normalized spacial score (nSPS) is 14.1. The van der Waals surface area contributed by atoms with Gasteiger partial charge in [0.1, 0.15) is 5.75 Å². The van der Waals surface area contributed by atoms with Crippen molar-refractivity contribution >= 4 is 28.9 Å². The van der Waals surface area contributed by atoms with Crippen molar-refractivity contribution in [3.05, 3.63) is 24.3 Å². The maximum absolute atomic E-state index is 11.6. The Morgan fingerprint density at radius 3 is 2.68 bits per heavy atom. The molecule has 5 heteroatoms. The Labute approximate surface area is 118 Å². The van der Waals surface area contributed by atoms with Crippen LogP contribution in [-0.2, 0) is 4.79 Å². The molecule has 19 heavy (non-hydrogen) atoms. The summed E-state index contributed by atoms with van der Waals surface area (Å²) >= 11 is 5.13. The summed E-state index contributed by atoms with van der Waals surface area (Å²) in [5.41, 5.74) is 0.761. The lowest BCUT2D eigenvalue weighted by Crippen LogP contribution is -2.35. The lowest BCUT2D eigenvalue weighted by Gasteiger charge is -2.16. The SMILES string of the molecule is CC(C)Oc1ccccc1NC(=S)NC(=O)C1CC1. The van der Waals surface area contributed by atoms with E-state index < -0.39 is 0 Å². The topological polar surface area (TPSA) is 50.4 Å². The Kier molecular flexibility index (Phi) is 4.37. The molecule has 1 aliphatic carbocycles. The smallest absolute Gasteiger partial charge is 0.229 e.